The summed E-state index contributed by atoms with van der Waals surface area (Å²) in [5.41, 5.74) is 0.703. The first kappa shape index (κ1) is 30.6. The number of nitriles is 1. The molecule has 3 aliphatic heterocycles. The SMILES string of the molecule is CN1CC(=O)N2[C@@H](c3ccc4c(c3)OCO4)C(C#N)CC2(SC(=S)Oc2ccccc2)C1=O.S=C(S)Oc1ccccc1. The fourth-order valence-corrected chi connectivity index (χ4v) is 7.12. The molecule has 0 spiro atoms. The van der Waals surface area contributed by atoms with Crippen LogP contribution in [0.2, 0.25) is 0 Å². The van der Waals surface area contributed by atoms with Crippen molar-refractivity contribution in [3.63, 3.8) is 0 Å². The van der Waals surface area contributed by atoms with E-state index in [0.29, 0.717) is 22.8 Å². The molecule has 9 nitrogen and oxygen atoms in total. The van der Waals surface area contributed by atoms with Crippen LogP contribution in [0.1, 0.15) is 18.0 Å². The minimum atomic E-state index is -1.38. The summed E-state index contributed by atoms with van der Waals surface area (Å²) in [6, 6.07) is 25.3. The van der Waals surface area contributed by atoms with Crippen LogP contribution in [0.15, 0.2) is 78.9 Å². The van der Waals surface area contributed by atoms with Gasteiger partial charge in [-0.2, -0.15) is 5.26 Å². The molecule has 3 aromatic rings. The Labute approximate surface area is 269 Å². The number of likely N-dealkylation sites (N-methyl/N-ethyl adjacent to an activating group) is 1. The van der Waals surface area contributed by atoms with Gasteiger partial charge < -0.3 is 28.7 Å². The molecule has 2 amide bonds. The number of thiocarbonyl (C=S) groups is 2. The van der Waals surface area contributed by atoms with Crippen LogP contribution in [-0.2, 0) is 9.59 Å². The van der Waals surface area contributed by atoms with Gasteiger partial charge in [0.25, 0.3) is 5.91 Å². The predicted molar refractivity (Wildman–Crippen MR) is 172 cm³/mol. The molecular formula is C30H25N3O6S4. The second-order valence-corrected chi connectivity index (χ2v) is 12.6. The first-order valence-electron chi connectivity index (χ1n) is 13.0. The number of hydrogen-bond acceptors (Lipinski definition) is 10. The molecule has 2 fully saturated rings. The molecular weight excluding hydrogens is 627 g/mol. The molecule has 0 saturated carbocycles. The number of hydrogen-bond donors (Lipinski definition) is 1. The molecule has 3 aromatic carbocycles. The van der Waals surface area contributed by atoms with E-state index in [2.05, 4.69) is 30.9 Å². The maximum absolute atomic E-state index is 13.5. The minimum Gasteiger partial charge on any atom is -0.454 e. The lowest BCUT2D eigenvalue weighted by molar-refractivity contribution is -0.156. The molecule has 43 heavy (non-hydrogen) atoms. The van der Waals surface area contributed by atoms with Crippen molar-refractivity contribution in [2.75, 3.05) is 20.4 Å². The van der Waals surface area contributed by atoms with Crippen molar-refractivity contribution in [2.24, 2.45) is 5.92 Å². The van der Waals surface area contributed by atoms with Gasteiger partial charge in [-0.1, -0.05) is 55.1 Å². The lowest BCUT2D eigenvalue weighted by Gasteiger charge is -2.45. The fourth-order valence-electron chi connectivity index (χ4n) is 5.17. The molecule has 0 aliphatic carbocycles. The van der Waals surface area contributed by atoms with Crippen LogP contribution in [0.4, 0.5) is 0 Å². The number of rotatable bonds is 4. The summed E-state index contributed by atoms with van der Waals surface area (Å²) >= 11 is 14.9. The average Bonchev–Trinajstić information content (AvgIpc) is 3.60. The average molecular weight is 652 g/mol. The lowest BCUT2D eigenvalue weighted by atomic mass is 9.94. The molecule has 2 saturated heterocycles. The summed E-state index contributed by atoms with van der Waals surface area (Å²) < 4.78 is 22.0. The van der Waals surface area contributed by atoms with Gasteiger partial charge >= 0.3 is 0 Å². The molecule has 0 N–H and O–H groups in total. The van der Waals surface area contributed by atoms with Crippen molar-refractivity contribution < 1.29 is 28.5 Å². The number of thiol groups is 1. The molecule has 3 aliphatic rings. The highest BCUT2D eigenvalue weighted by Gasteiger charge is 2.63. The Hall–Kier alpha value is -3.83. The van der Waals surface area contributed by atoms with Gasteiger partial charge in [-0.15, -0.1) is 0 Å². The topological polar surface area (TPSA) is 101 Å². The highest BCUT2D eigenvalue weighted by atomic mass is 32.2. The number of para-hydroxylation sites is 2. The van der Waals surface area contributed by atoms with E-state index in [1.54, 1.807) is 37.4 Å². The molecule has 0 bridgehead atoms. The number of carbonyl (C=O) groups is 2. The smallest absolute Gasteiger partial charge is 0.259 e. The molecule has 13 heteroatoms. The van der Waals surface area contributed by atoms with Crippen LogP contribution in [0, 0.1) is 17.2 Å². The van der Waals surface area contributed by atoms with Crippen LogP contribution in [-0.4, -0.2) is 55.6 Å². The van der Waals surface area contributed by atoms with E-state index in [-0.39, 0.29) is 40.3 Å². The van der Waals surface area contributed by atoms with Crippen molar-refractivity contribution in [1.29, 1.82) is 5.26 Å². The molecule has 0 radical (unpaired) electrons. The number of amides is 2. The Bertz CT molecular complexity index is 1590. The Morgan fingerprint density at radius 2 is 1.63 bits per heavy atom. The number of ether oxygens (including phenoxy) is 4. The van der Waals surface area contributed by atoms with Crippen LogP contribution in [0.25, 0.3) is 0 Å². The number of benzene rings is 3. The number of carbonyl (C=O) groups excluding carboxylic acids is 2. The van der Waals surface area contributed by atoms with E-state index in [9.17, 15) is 14.9 Å². The Balaban J connectivity index is 0.000000314. The van der Waals surface area contributed by atoms with Crippen molar-refractivity contribution in [3.8, 4) is 29.1 Å². The summed E-state index contributed by atoms with van der Waals surface area (Å²) in [4.78, 5) is 28.4. The van der Waals surface area contributed by atoms with Gasteiger partial charge in [0, 0.05) is 13.5 Å². The largest absolute Gasteiger partial charge is 0.454 e. The molecule has 6 rings (SSSR count). The van der Waals surface area contributed by atoms with Crippen molar-refractivity contribution in [3.05, 3.63) is 84.4 Å². The number of piperazine rings is 1. The van der Waals surface area contributed by atoms with E-state index in [4.69, 9.17) is 31.2 Å². The van der Waals surface area contributed by atoms with Crippen LogP contribution in [0.5, 0.6) is 23.0 Å². The second kappa shape index (κ2) is 13.2. The third-order valence-corrected chi connectivity index (χ3v) is 8.55. The predicted octanol–water partition coefficient (Wildman–Crippen LogP) is 5.37. The zero-order valence-corrected chi connectivity index (χ0v) is 26.1. The zero-order chi connectivity index (χ0) is 30.6. The van der Waals surface area contributed by atoms with Crippen molar-refractivity contribution in [2.45, 2.75) is 17.3 Å². The highest BCUT2D eigenvalue weighted by molar-refractivity contribution is 8.24. The highest BCUT2D eigenvalue weighted by Crippen LogP contribution is 2.55. The quantitative estimate of drug-likeness (QED) is 0.293. The normalized spacial score (nSPS) is 21.7. The van der Waals surface area contributed by atoms with Gasteiger partial charge in [0.2, 0.25) is 21.5 Å². The second-order valence-electron chi connectivity index (χ2n) is 9.65. The van der Waals surface area contributed by atoms with Gasteiger partial charge in [-0.05, 0) is 78.2 Å². The van der Waals surface area contributed by atoms with Crippen LogP contribution < -0.4 is 18.9 Å². The van der Waals surface area contributed by atoms with Crippen molar-refractivity contribution in [1.82, 2.24) is 9.80 Å². The van der Waals surface area contributed by atoms with E-state index >= 15 is 0 Å². The van der Waals surface area contributed by atoms with Crippen LogP contribution >= 0.6 is 48.8 Å². The van der Waals surface area contributed by atoms with Gasteiger partial charge in [-0.3, -0.25) is 9.59 Å². The third-order valence-electron chi connectivity index (χ3n) is 6.92. The number of fused-ring (bicyclic) bond motifs is 2. The summed E-state index contributed by atoms with van der Waals surface area (Å²) in [7, 11) is 1.58. The van der Waals surface area contributed by atoms with E-state index in [0.717, 1.165) is 17.5 Å². The summed E-state index contributed by atoms with van der Waals surface area (Å²) in [6.07, 6.45) is 0.125. The van der Waals surface area contributed by atoms with Gasteiger partial charge in [0.1, 0.15) is 11.5 Å². The molecule has 2 unspecified atom stereocenters. The summed E-state index contributed by atoms with van der Waals surface area (Å²) in [5, 5.41) is 10.0. The Morgan fingerprint density at radius 3 is 2.26 bits per heavy atom. The monoisotopic (exact) mass is 651 g/mol. The van der Waals surface area contributed by atoms with E-state index < -0.39 is 16.8 Å². The molecule has 0 aromatic heterocycles. The number of thioether (sulfide) groups is 1. The Morgan fingerprint density at radius 1 is 1.00 bits per heavy atom. The first-order chi connectivity index (χ1) is 20.7. The first-order valence-corrected chi connectivity index (χ1v) is 15.1. The fraction of sp³-hybridized carbons (Fsp3) is 0.233. The van der Waals surface area contributed by atoms with Gasteiger partial charge in [0.05, 0.1) is 24.6 Å². The Kier molecular flexibility index (Phi) is 9.41. The van der Waals surface area contributed by atoms with Crippen LogP contribution in [0.3, 0.4) is 0 Å². The summed E-state index contributed by atoms with van der Waals surface area (Å²) in [6.45, 7) is 0.0363. The number of nitrogens with zero attached hydrogens (tertiary/aromatic N) is 3. The maximum Gasteiger partial charge on any atom is 0.259 e. The lowest BCUT2D eigenvalue weighted by Crippen LogP contribution is -2.63. The van der Waals surface area contributed by atoms with Gasteiger partial charge in [-0.25, -0.2) is 0 Å². The molecule has 220 valence electrons. The third kappa shape index (κ3) is 6.57. The summed E-state index contributed by atoms with van der Waals surface area (Å²) in [5.74, 6) is 1.23. The van der Waals surface area contributed by atoms with E-state index in [1.807, 2.05) is 48.5 Å². The minimum absolute atomic E-state index is 0.0767. The zero-order valence-electron chi connectivity index (χ0n) is 22.7. The maximum atomic E-state index is 13.5. The molecule has 3 heterocycles. The standard InChI is InChI=1S/C23H19N3O5S2.C7H6OS2/c1-25-12-19(27)26-20(14-7-8-17-18(9-14)30-13-29-17)15(11-24)10-23(26,21(25)28)33-22(32)31-16-5-3-2-4-6-16;9-7(10)8-6-4-2-1-3-5-6/h2-9,15,20H,10,12-13H2,1H3;1-5H,(H,9,10)/t15?,20-,23?;/m0./s1. The van der Waals surface area contributed by atoms with Crippen molar-refractivity contribution >= 4 is 69.4 Å². The van der Waals surface area contributed by atoms with E-state index in [1.165, 1.54) is 9.80 Å². The molecule has 3 atom stereocenters. The van der Waals surface area contributed by atoms with Gasteiger partial charge in [0.15, 0.2) is 16.4 Å².